The van der Waals surface area contributed by atoms with E-state index in [4.69, 9.17) is 10.5 Å². The molecule has 1 saturated carbocycles. The summed E-state index contributed by atoms with van der Waals surface area (Å²) in [5.41, 5.74) is 7.86. The van der Waals surface area contributed by atoms with Gasteiger partial charge in [-0.3, -0.25) is 0 Å². The van der Waals surface area contributed by atoms with Gasteiger partial charge in [-0.2, -0.15) is 15.0 Å². The number of esters is 1. The number of ether oxygens (including phenoxy) is 1. The van der Waals surface area contributed by atoms with E-state index in [0.717, 1.165) is 29.7 Å². The molecule has 1 fully saturated rings. The summed E-state index contributed by atoms with van der Waals surface area (Å²) in [5.74, 6) is -0.389. The van der Waals surface area contributed by atoms with E-state index in [-0.39, 0.29) is 17.5 Å². The number of rotatable bonds is 6. The fourth-order valence-corrected chi connectivity index (χ4v) is 3.28. The van der Waals surface area contributed by atoms with Crippen LogP contribution in [0.15, 0.2) is 30.5 Å². The van der Waals surface area contributed by atoms with Crippen LogP contribution >= 0.6 is 0 Å². The molecule has 1 aromatic carbocycles. The molecule has 1 atom stereocenters. The standard InChI is InChI=1S/C21H30N4O2/c1-14(2)27-19(26)21(22,13-20(3,4)5)16-8-6-15(7-9-16)18-12-23-25(24-18)17-10-11-17/h6-9,12,14,17H,10-11,13,22H2,1-5H3. The van der Waals surface area contributed by atoms with Gasteiger partial charge in [-0.05, 0) is 44.1 Å². The van der Waals surface area contributed by atoms with Gasteiger partial charge in [-0.25, -0.2) is 4.79 Å². The maximum atomic E-state index is 12.8. The third-order valence-corrected chi connectivity index (χ3v) is 4.59. The second-order valence-electron chi connectivity index (χ2n) is 9.02. The second kappa shape index (κ2) is 7.08. The highest BCUT2D eigenvalue weighted by molar-refractivity contribution is 5.83. The summed E-state index contributed by atoms with van der Waals surface area (Å²) >= 11 is 0. The van der Waals surface area contributed by atoms with E-state index in [1.54, 1.807) is 11.0 Å². The number of hydrogen-bond donors (Lipinski definition) is 1. The Bertz CT molecular complexity index is 800. The Morgan fingerprint density at radius 2 is 1.89 bits per heavy atom. The largest absolute Gasteiger partial charge is 0.461 e. The Morgan fingerprint density at radius 1 is 1.26 bits per heavy atom. The number of carbonyl (C=O) groups is 1. The lowest BCUT2D eigenvalue weighted by atomic mass is 9.76. The zero-order valence-corrected chi connectivity index (χ0v) is 16.9. The minimum Gasteiger partial charge on any atom is -0.461 e. The summed E-state index contributed by atoms with van der Waals surface area (Å²) in [6.45, 7) is 9.88. The van der Waals surface area contributed by atoms with Crippen molar-refractivity contribution in [2.24, 2.45) is 11.1 Å². The van der Waals surface area contributed by atoms with E-state index in [1.165, 1.54) is 0 Å². The molecule has 3 rings (SSSR count). The van der Waals surface area contributed by atoms with E-state index in [9.17, 15) is 4.79 Å². The number of nitrogens with zero attached hydrogens (tertiary/aromatic N) is 3. The van der Waals surface area contributed by atoms with Crippen LogP contribution in [0.3, 0.4) is 0 Å². The average molecular weight is 370 g/mol. The third-order valence-electron chi connectivity index (χ3n) is 4.59. The fraction of sp³-hybridized carbons (Fsp3) is 0.571. The van der Waals surface area contributed by atoms with E-state index >= 15 is 0 Å². The highest BCUT2D eigenvalue weighted by Crippen LogP contribution is 2.36. The molecule has 146 valence electrons. The molecule has 2 aromatic rings. The van der Waals surface area contributed by atoms with Gasteiger partial charge in [0.2, 0.25) is 0 Å². The van der Waals surface area contributed by atoms with Gasteiger partial charge in [0, 0.05) is 5.56 Å². The van der Waals surface area contributed by atoms with Crippen molar-refractivity contribution in [2.45, 2.75) is 71.6 Å². The van der Waals surface area contributed by atoms with Crippen LogP contribution in [0, 0.1) is 5.41 Å². The van der Waals surface area contributed by atoms with Gasteiger partial charge in [-0.15, -0.1) is 0 Å². The van der Waals surface area contributed by atoms with Gasteiger partial charge in [0.25, 0.3) is 0 Å². The Balaban J connectivity index is 1.88. The van der Waals surface area contributed by atoms with Crippen LogP contribution in [0.2, 0.25) is 0 Å². The quantitative estimate of drug-likeness (QED) is 0.782. The molecule has 2 N–H and O–H groups in total. The van der Waals surface area contributed by atoms with Gasteiger partial charge in [0.1, 0.15) is 11.2 Å². The molecule has 0 radical (unpaired) electrons. The van der Waals surface area contributed by atoms with E-state index in [2.05, 4.69) is 31.0 Å². The van der Waals surface area contributed by atoms with Crippen molar-refractivity contribution in [1.82, 2.24) is 15.0 Å². The summed E-state index contributed by atoms with van der Waals surface area (Å²) < 4.78 is 5.48. The molecular formula is C21H30N4O2. The van der Waals surface area contributed by atoms with Crippen molar-refractivity contribution in [3.05, 3.63) is 36.0 Å². The van der Waals surface area contributed by atoms with Crippen LogP contribution in [0.5, 0.6) is 0 Å². The Hall–Kier alpha value is -2.21. The number of aromatic nitrogens is 3. The fourth-order valence-electron chi connectivity index (χ4n) is 3.28. The molecule has 0 saturated heterocycles. The van der Waals surface area contributed by atoms with E-state index < -0.39 is 5.54 Å². The highest BCUT2D eigenvalue weighted by Gasteiger charge is 2.41. The molecule has 6 nitrogen and oxygen atoms in total. The van der Waals surface area contributed by atoms with Crippen LogP contribution < -0.4 is 5.73 Å². The SMILES string of the molecule is CC(C)OC(=O)C(N)(CC(C)(C)C)c1ccc(-c2cnn(C3CC3)n2)cc1. The van der Waals surface area contributed by atoms with Crippen molar-refractivity contribution in [3.8, 4) is 11.3 Å². The zero-order valence-electron chi connectivity index (χ0n) is 16.9. The van der Waals surface area contributed by atoms with Crippen LogP contribution in [0.4, 0.5) is 0 Å². The molecule has 27 heavy (non-hydrogen) atoms. The first-order chi connectivity index (χ1) is 12.6. The van der Waals surface area contributed by atoms with Crippen molar-refractivity contribution in [2.75, 3.05) is 0 Å². The summed E-state index contributed by atoms with van der Waals surface area (Å²) in [5, 5.41) is 8.89. The maximum Gasteiger partial charge on any atom is 0.331 e. The third kappa shape index (κ3) is 4.56. The summed E-state index contributed by atoms with van der Waals surface area (Å²) in [6.07, 6.45) is 4.35. The predicted molar refractivity (Wildman–Crippen MR) is 105 cm³/mol. The Morgan fingerprint density at radius 3 is 2.41 bits per heavy atom. The van der Waals surface area contributed by atoms with Crippen molar-refractivity contribution in [1.29, 1.82) is 0 Å². The van der Waals surface area contributed by atoms with E-state index in [0.29, 0.717) is 12.5 Å². The minimum atomic E-state index is -1.19. The summed E-state index contributed by atoms with van der Waals surface area (Å²) in [7, 11) is 0. The zero-order chi connectivity index (χ0) is 19.8. The van der Waals surface area contributed by atoms with Gasteiger partial charge in [0.15, 0.2) is 0 Å². The van der Waals surface area contributed by atoms with Crippen LogP contribution in [-0.4, -0.2) is 27.1 Å². The van der Waals surface area contributed by atoms with Crippen LogP contribution in [0.25, 0.3) is 11.3 Å². The highest BCUT2D eigenvalue weighted by atomic mass is 16.5. The van der Waals surface area contributed by atoms with E-state index in [1.807, 2.05) is 38.1 Å². The van der Waals surface area contributed by atoms with Gasteiger partial charge in [0.05, 0.1) is 18.3 Å². The number of benzene rings is 1. The lowest BCUT2D eigenvalue weighted by Gasteiger charge is -2.34. The second-order valence-corrected chi connectivity index (χ2v) is 9.02. The first-order valence-electron chi connectivity index (χ1n) is 9.61. The van der Waals surface area contributed by atoms with Crippen molar-refractivity contribution < 1.29 is 9.53 Å². The first-order valence-corrected chi connectivity index (χ1v) is 9.61. The smallest absolute Gasteiger partial charge is 0.331 e. The van der Waals surface area contributed by atoms with Gasteiger partial charge in [-0.1, -0.05) is 45.0 Å². The van der Waals surface area contributed by atoms with Crippen LogP contribution in [0.1, 0.15) is 65.5 Å². The lowest BCUT2D eigenvalue weighted by Crippen LogP contribution is -2.49. The molecule has 0 aliphatic heterocycles. The predicted octanol–water partition coefficient (Wildman–Crippen LogP) is 3.82. The molecule has 1 aliphatic carbocycles. The molecule has 0 bridgehead atoms. The maximum absolute atomic E-state index is 12.8. The van der Waals surface area contributed by atoms with Crippen molar-refractivity contribution >= 4 is 5.97 Å². The Labute approximate surface area is 161 Å². The van der Waals surface area contributed by atoms with Crippen molar-refractivity contribution in [3.63, 3.8) is 0 Å². The number of nitrogens with two attached hydrogens (primary N) is 1. The number of hydrogen-bond acceptors (Lipinski definition) is 5. The topological polar surface area (TPSA) is 83.0 Å². The molecule has 6 heteroatoms. The first kappa shape index (κ1) is 19.5. The molecular weight excluding hydrogens is 340 g/mol. The summed E-state index contributed by atoms with van der Waals surface area (Å²) in [4.78, 5) is 14.6. The normalized spacial score (nSPS) is 17.0. The molecule has 0 amide bonds. The Kier molecular flexibility index (Phi) is 5.12. The summed E-state index contributed by atoms with van der Waals surface area (Å²) in [6, 6.07) is 8.15. The van der Waals surface area contributed by atoms with Gasteiger partial charge < -0.3 is 10.5 Å². The molecule has 1 aromatic heterocycles. The molecule has 1 heterocycles. The molecule has 1 unspecified atom stereocenters. The minimum absolute atomic E-state index is 0.129. The lowest BCUT2D eigenvalue weighted by molar-refractivity contribution is -0.156. The average Bonchev–Trinajstić information content (AvgIpc) is 3.30. The monoisotopic (exact) mass is 370 g/mol. The molecule has 1 aliphatic rings. The number of carbonyl (C=O) groups excluding carboxylic acids is 1. The molecule has 0 spiro atoms. The van der Waals surface area contributed by atoms with Crippen LogP contribution in [-0.2, 0) is 15.1 Å². The van der Waals surface area contributed by atoms with Gasteiger partial charge >= 0.3 is 5.97 Å².